The standard InChI is InChI=1S/C26H31N3O2/c1-3-24(22-13-12-19-8-4-5-10-21(19)16-22)29-26(30)23(17-27)18-28-15-14-20-9-6-7-11-25(20)31-2/h6-7,9,11-13,16,18,24,28H,3-5,8,10,14-15H2,1-2H3,(H,29,30)/b23-18-. The number of ether oxygens (including phenoxy) is 1. The zero-order valence-electron chi connectivity index (χ0n) is 18.4. The highest BCUT2D eigenvalue weighted by Crippen LogP contribution is 2.26. The Morgan fingerprint density at radius 2 is 1.97 bits per heavy atom. The number of benzene rings is 2. The lowest BCUT2D eigenvalue weighted by Crippen LogP contribution is -2.30. The minimum absolute atomic E-state index is 0.0800. The number of hydrogen-bond acceptors (Lipinski definition) is 4. The lowest BCUT2D eigenvalue weighted by Gasteiger charge is -2.21. The lowest BCUT2D eigenvalue weighted by molar-refractivity contribution is -0.117. The summed E-state index contributed by atoms with van der Waals surface area (Å²) in [4.78, 5) is 12.7. The van der Waals surface area contributed by atoms with Crippen molar-refractivity contribution >= 4 is 5.91 Å². The van der Waals surface area contributed by atoms with Gasteiger partial charge in [-0.3, -0.25) is 4.79 Å². The predicted molar refractivity (Wildman–Crippen MR) is 123 cm³/mol. The fourth-order valence-electron chi connectivity index (χ4n) is 4.07. The highest BCUT2D eigenvalue weighted by molar-refractivity contribution is 5.97. The first-order chi connectivity index (χ1) is 15.2. The molecule has 0 aromatic heterocycles. The third-order valence-electron chi connectivity index (χ3n) is 5.83. The summed E-state index contributed by atoms with van der Waals surface area (Å²) in [5.74, 6) is 0.485. The predicted octanol–water partition coefficient (Wildman–Crippen LogP) is 4.38. The van der Waals surface area contributed by atoms with E-state index in [2.05, 4.69) is 28.8 Å². The van der Waals surface area contributed by atoms with Crippen molar-refractivity contribution in [3.8, 4) is 11.8 Å². The highest BCUT2D eigenvalue weighted by atomic mass is 16.5. The first-order valence-electron chi connectivity index (χ1n) is 11.0. The van der Waals surface area contributed by atoms with Crippen LogP contribution in [0.25, 0.3) is 0 Å². The van der Waals surface area contributed by atoms with Crippen LogP contribution in [0.4, 0.5) is 0 Å². The molecule has 2 N–H and O–H groups in total. The molecule has 5 nitrogen and oxygen atoms in total. The fraction of sp³-hybridized carbons (Fsp3) is 0.385. The van der Waals surface area contributed by atoms with E-state index in [1.165, 1.54) is 30.2 Å². The number of aryl methyl sites for hydroxylation is 2. The van der Waals surface area contributed by atoms with Crippen LogP contribution in [-0.2, 0) is 24.1 Å². The minimum atomic E-state index is -0.350. The van der Waals surface area contributed by atoms with Gasteiger partial charge in [0.25, 0.3) is 5.91 Å². The molecule has 3 rings (SSSR count). The van der Waals surface area contributed by atoms with Gasteiger partial charge in [-0.25, -0.2) is 0 Å². The summed E-state index contributed by atoms with van der Waals surface area (Å²) in [6.45, 7) is 2.65. The Balaban J connectivity index is 1.59. The van der Waals surface area contributed by atoms with E-state index in [4.69, 9.17) is 4.74 Å². The Labute approximate surface area is 185 Å². The van der Waals surface area contributed by atoms with Crippen LogP contribution in [-0.4, -0.2) is 19.6 Å². The number of amides is 1. The Kier molecular flexibility index (Phi) is 8.12. The molecule has 0 fully saturated rings. The molecule has 0 saturated heterocycles. The molecule has 0 spiro atoms. The van der Waals surface area contributed by atoms with Gasteiger partial charge in [0.2, 0.25) is 0 Å². The van der Waals surface area contributed by atoms with Crippen LogP contribution in [0, 0.1) is 11.3 Å². The highest BCUT2D eigenvalue weighted by Gasteiger charge is 2.18. The van der Waals surface area contributed by atoms with Crippen molar-refractivity contribution in [2.45, 2.75) is 51.5 Å². The molecular formula is C26H31N3O2. The van der Waals surface area contributed by atoms with Gasteiger partial charge >= 0.3 is 0 Å². The molecule has 0 aliphatic heterocycles. The van der Waals surface area contributed by atoms with Crippen LogP contribution in [0.15, 0.2) is 54.2 Å². The zero-order valence-corrected chi connectivity index (χ0v) is 18.4. The maximum atomic E-state index is 12.7. The number of nitrogens with one attached hydrogen (secondary N) is 2. The third kappa shape index (κ3) is 5.88. The third-order valence-corrected chi connectivity index (χ3v) is 5.83. The van der Waals surface area contributed by atoms with Crippen molar-refractivity contribution < 1.29 is 9.53 Å². The first-order valence-corrected chi connectivity index (χ1v) is 11.0. The van der Waals surface area contributed by atoms with Crippen LogP contribution < -0.4 is 15.4 Å². The Bertz CT molecular complexity index is 975. The van der Waals surface area contributed by atoms with Crippen molar-refractivity contribution in [3.63, 3.8) is 0 Å². The van der Waals surface area contributed by atoms with E-state index in [0.717, 1.165) is 42.6 Å². The number of carbonyl (C=O) groups is 1. The van der Waals surface area contributed by atoms with E-state index < -0.39 is 0 Å². The van der Waals surface area contributed by atoms with E-state index in [1.54, 1.807) is 7.11 Å². The number of rotatable bonds is 9. The summed E-state index contributed by atoms with van der Waals surface area (Å²) in [7, 11) is 1.65. The SMILES string of the molecule is CCC(NC(=O)/C(C#N)=C\NCCc1ccccc1OC)c1ccc2c(c1)CCCC2. The van der Waals surface area contributed by atoms with Gasteiger partial charge in [-0.1, -0.05) is 43.3 Å². The molecule has 1 amide bonds. The molecule has 1 aliphatic carbocycles. The number of hydrogen-bond donors (Lipinski definition) is 2. The van der Waals surface area contributed by atoms with Gasteiger partial charge in [-0.15, -0.1) is 0 Å². The molecule has 2 aromatic carbocycles. The van der Waals surface area contributed by atoms with E-state index in [0.29, 0.717) is 6.54 Å². The number of carbonyl (C=O) groups excluding carboxylic acids is 1. The minimum Gasteiger partial charge on any atom is -0.496 e. The van der Waals surface area contributed by atoms with Gasteiger partial charge in [0.05, 0.1) is 13.2 Å². The zero-order chi connectivity index (χ0) is 22.1. The van der Waals surface area contributed by atoms with Gasteiger partial charge < -0.3 is 15.4 Å². The fourth-order valence-corrected chi connectivity index (χ4v) is 4.07. The van der Waals surface area contributed by atoms with Crippen LogP contribution in [0.2, 0.25) is 0 Å². The number of para-hydroxylation sites is 1. The van der Waals surface area contributed by atoms with Crippen LogP contribution in [0.1, 0.15) is 54.5 Å². The molecule has 5 heteroatoms. The number of nitriles is 1. The van der Waals surface area contributed by atoms with Crippen LogP contribution in [0.5, 0.6) is 5.75 Å². The molecule has 2 aromatic rings. The van der Waals surface area contributed by atoms with E-state index in [-0.39, 0.29) is 17.5 Å². The van der Waals surface area contributed by atoms with Crippen LogP contribution >= 0.6 is 0 Å². The molecular weight excluding hydrogens is 386 g/mol. The second-order valence-corrected chi connectivity index (χ2v) is 7.86. The van der Waals surface area contributed by atoms with Gasteiger partial charge in [-0.05, 0) is 66.8 Å². The smallest absolute Gasteiger partial charge is 0.263 e. The molecule has 1 atom stereocenters. The molecule has 0 radical (unpaired) electrons. The monoisotopic (exact) mass is 417 g/mol. The van der Waals surface area contributed by atoms with Crippen molar-refractivity contribution in [1.29, 1.82) is 5.26 Å². The maximum Gasteiger partial charge on any atom is 0.263 e. The van der Waals surface area contributed by atoms with Gasteiger partial charge in [0.1, 0.15) is 17.4 Å². The number of nitrogens with zero attached hydrogens (tertiary/aromatic N) is 1. The molecule has 162 valence electrons. The molecule has 1 unspecified atom stereocenters. The second-order valence-electron chi connectivity index (χ2n) is 7.86. The summed E-state index contributed by atoms with van der Waals surface area (Å²) < 4.78 is 5.36. The molecule has 31 heavy (non-hydrogen) atoms. The molecule has 0 saturated carbocycles. The summed E-state index contributed by atoms with van der Waals surface area (Å²) >= 11 is 0. The number of fused-ring (bicyclic) bond motifs is 1. The van der Waals surface area contributed by atoms with Crippen molar-refractivity contribution in [3.05, 3.63) is 76.5 Å². The number of methoxy groups -OCH3 is 1. The largest absolute Gasteiger partial charge is 0.496 e. The average molecular weight is 418 g/mol. The summed E-state index contributed by atoms with van der Waals surface area (Å²) in [5, 5.41) is 15.6. The van der Waals surface area contributed by atoms with Crippen molar-refractivity contribution in [1.82, 2.24) is 10.6 Å². The summed E-state index contributed by atoms with van der Waals surface area (Å²) in [6, 6.07) is 16.3. The first kappa shape index (κ1) is 22.4. The quantitative estimate of drug-likeness (QED) is 0.361. The van der Waals surface area contributed by atoms with Crippen molar-refractivity contribution in [2.75, 3.05) is 13.7 Å². The van der Waals surface area contributed by atoms with E-state index >= 15 is 0 Å². The summed E-state index contributed by atoms with van der Waals surface area (Å²) in [5.41, 5.74) is 5.08. The average Bonchev–Trinajstić information content (AvgIpc) is 2.82. The van der Waals surface area contributed by atoms with Crippen molar-refractivity contribution in [2.24, 2.45) is 0 Å². The Morgan fingerprint density at radius 3 is 2.71 bits per heavy atom. The molecule has 1 aliphatic rings. The normalized spacial score (nSPS) is 14.2. The Hall–Kier alpha value is -3.26. The summed E-state index contributed by atoms with van der Waals surface area (Å²) in [6.07, 6.45) is 7.72. The topological polar surface area (TPSA) is 74.2 Å². The second kappa shape index (κ2) is 11.2. The van der Waals surface area contributed by atoms with Gasteiger partial charge in [-0.2, -0.15) is 5.26 Å². The maximum absolute atomic E-state index is 12.7. The van der Waals surface area contributed by atoms with E-state index in [9.17, 15) is 10.1 Å². The molecule has 0 heterocycles. The van der Waals surface area contributed by atoms with Crippen LogP contribution in [0.3, 0.4) is 0 Å². The van der Waals surface area contributed by atoms with Gasteiger partial charge in [0.15, 0.2) is 0 Å². The Morgan fingerprint density at radius 1 is 1.19 bits per heavy atom. The van der Waals surface area contributed by atoms with Gasteiger partial charge in [0, 0.05) is 12.7 Å². The lowest BCUT2D eigenvalue weighted by atomic mass is 9.88. The van der Waals surface area contributed by atoms with E-state index in [1.807, 2.05) is 37.3 Å². The molecule has 0 bridgehead atoms.